The lowest BCUT2D eigenvalue weighted by Crippen LogP contribution is -2.29. The molecule has 6 nitrogen and oxygen atoms in total. The summed E-state index contributed by atoms with van der Waals surface area (Å²) in [6, 6.07) is 5.31. The first kappa shape index (κ1) is 15.3. The van der Waals surface area contributed by atoms with Gasteiger partial charge in [0.2, 0.25) is 5.09 Å². The van der Waals surface area contributed by atoms with Gasteiger partial charge in [-0.3, -0.25) is 4.79 Å². The van der Waals surface area contributed by atoms with E-state index in [0.717, 1.165) is 24.0 Å². The molecular formula is C14H16N2O4S2. The van der Waals surface area contributed by atoms with Crippen LogP contribution in [0.3, 0.4) is 0 Å². The second-order valence-electron chi connectivity index (χ2n) is 5.30. The zero-order valence-corrected chi connectivity index (χ0v) is 13.6. The van der Waals surface area contributed by atoms with Crippen molar-refractivity contribution in [2.45, 2.75) is 30.9 Å². The summed E-state index contributed by atoms with van der Waals surface area (Å²) in [7, 11) is -3.94. The van der Waals surface area contributed by atoms with Crippen LogP contribution in [0.25, 0.3) is 0 Å². The van der Waals surface area contributed by atoms with E-state index < -0.39 is 15.1 Å². The number of primary sulfonamides is 1. The lowest BCUT2D eigenvalue weighted by Gasteiger charge is -2.23. The highest BCUT2D eigenvalue weighted by atomic mass is 32.2. The van der Waals surface area contributed by atoms with Gasteiger partial charge < -0.3 is 9.32 Å². The van der Waals surface area contributed by atoms with Gasteiger partial charge in [-0.05, 0) is 31.9 Å². The van der Waals surface area contributed by atoms with Crippen LogP contribution in [0.5, 0.6) is 0 Å². The van der Waals surface area contributed by atoms with Crippen LogP contribution in [-0.4, -0.2) is 25.8 Å². The number of nitrogens with two attached hydrogens (primary N) is 1. The van der Waals surface area contributed by atoms with Crippen LogP contribution >= 0.6 is 11.3 Å². The summed E-state index contributed by atoms with van der Waals surface area (Å²) in [5.74, 6) is -0.229. The van der Waals surface area contributed by atoms with Gasteiger partial charge in [-0.2, -0.15) is 0 Å². The van der Waals surface area contributed by atoms with Gasteiger partial charge in [-0.15, -0.1) is 11.3 Å². The molecule has 0 unspecified atom stereocenters. The first-order valence-corrected chi connectivity index (χ1v) is 9.21. The molecule has 0 bridgehead atoms. The number of amides is 1. The van der Waals surface area contributed by atoms with Crippen LogP contribution in [0.1, 0.15) is 39.0 Å². The molecule has 2 aromatic rings. The molecule has 1 saturated heterocycles. The average Bonchev–Trinajstić information content (AvgIpc) is 3.16. The number of likely N-dealkylation sites (tertiary alicyclic amines) is 1. The van der Waals surface area contributed by atoms with Crippen LogP contribution in [0.2, 0.25) is 0 Å². The smallest absolute Gasteiger partial charge is 0.271 e. The van der Waals surface area contributed by atoms with Crippen molar-refractivity contribution < 1.29 is 17.6 Å². The zero-order valence-electron chi connectivity index (χ0n) is 12.0. The molecule has 8 heteroatoms. The summed E-state index contributed by atoms with van der Waals surface area (Å²) in [5.41, 5.74) is 0.212. The van der Waals surface area contributed by atoms with Crippen molar-refractivity contribution in [3.63, 3.8) is 0 Å². The minimum atomic E-state index is -3.94. The van der Waals surface area contributed by atoms with Gasteiger partial charge in [0, 0.05) is 22.4 Å². The summed E-state index contributed by atoms with van der Waals surface area (Å²) in [6.45, 7) is 2.68. The van der Waals surface area contributed by atoms with E-state index in [9.17, 15) is 13.2 Å². The maximum atomic E-state index is 12.6. The molecule has 118 valence electrons. The quantitative estimate of drug-likeness (QED) is 0.927. The Kier molecular flexibility index (Phi) is 3.84. The Morgan fingerprint density at radius 1 is 1.45 bits per heavy atom. The third-order valence-electron chi connectivity index (χ3n) is 3.71. The van der Waals surface area contributed by atoms with Crippen LogP contribution in [0.15, 0.2) is 34.0 Å². The minimum Gasteiger partial charge on any atom is -0.451 e. The molecule has 1 aliphatic heterocycles. The highest BCUT2D eigenvalue weighted by Gasteiger charge is 2.32. The maximum Gasteiger partial charge on any atom is 0.271 e. The molecule has 0 spiro atoms. The molecule has 1 amide bonds. The van der Waals surface area contributed by atoms with Gasteiger partial charge in [0.05, 0.1) is 11.6 Å². The van der Waals surface area contributed by atoms with E-state index in [2.05, 4.69) is 0 Å². The van der Waals surface area contributed by atoms with Gasteiger partial charge >= 0.3 is 0 Å². The lowest BCUT2D eigenvalue weighted by atomic mass is 10.1. The number of furan rings is 1. The molecule has 1 atom stereocenters. The number of nitrogens with zero attached hydrogens (tertiary/aromatic N) is 1. The van der Waals surface area contributed by atoms with Crippen LogP contribution in [0.4, 0.5) is 0 Å². The van der Waals surface area contributed by atoms with Crippen molar-refractivity contribution >= 4 is 27.3 Å². The van der Waals surface area contributed by atoms with Crippen LogP contribution < -0.4 is 5.14 Å². The van der Waals surface area contributed by atoms with Crippen molar-refractivity contribution in [2.24, 2.45) is 5.14 Å². The minimum absolute atomic E-state index is 0.0408. The topological polar surface area (TPSA) is 93.6 Å². The molecule has 1 fully saturated rings. The fourth-order valence-corrected chi connectivity index (χ4v) is 4.18. The number of hydrogen-bond donors (Lipinski definition) is 1. The summed E-state index contributed by atoms with van der Waals surface area (Å²) < 4.78 is 27.4. The maximum absolute atomic E-state index is 12.6. The molecule has 1 aliphatic rings. The van der Waals surface area contributed by atoms with E-state index in [0.29, 0.717) is 6.54 Å². The first-order chi connectivity index (χ1) is 10.4. The average molecular weight is 340 g/mol. The number of sulfonamides is 1. The fourth-order valence-electron chi connectivity index (χ4n) is 2.68. The molecule has 3 heterocycles. The van der Waals surface area contributed by atoms with E-state index in [1.807, 2.05) is 19.1 Å². The second-order valence-corrected chi connectivity index (χ2v) is 8.12. The molecule has 0 saturated carbocycles. The summed E-state index contributed by atoms with van der Waals surface area (Å²) >= 11 is 1.68. The van der Waals surface area contributed by atoms with E-state index in [4.69, 9.17) is 9.56 Å². The number of rotatable bonds is 3. The van der Waals surface area contributed by atoms with Crippen LogP contribution in [0, 0.1) is 6.92 Å². The summed E-state index contributed by atoms with van der Waals surface area (Å²) in [6.07, 6.45) is 2.98. The number of thiophene rings is 1. The number of carbonyl (C=O) groups is 1. The van der Waals surface area contributed by atoms with Crippen molar-refractivity contribution in [3.05, 3.63) is 39.8 Å². The Labute approximate surface area is 132 Å². The molecule has 0 radical (unpaired) electrons. The van der Waals surface area contributed by atoms with Gasteiger partial charge in [-0.25, -0.2) is 13.6 Å². The van der Waals surface area contributed by atoms with Gasteiger partial charge in [0.15, 0.2) is 0 Å². The van der Waals surface area contributed by atoms with Crippen molar-refractivity contribution in [2.75, 3.05) is 6.54 Å². The zero-order chi connectivity index (χ0) is 15.9. The summed E-state index contributed by atoms with van der Waals surface area (Å²) in [4.78, 5) is 16.7. The predicted octanol–water partition coefficient (Wildman–Crippen LogP) is 2.27. The number of aryl methyl sites for hydroxylation is 1. The van der Waals surface area contributed by atoms with Crippen LogP contribution in [-0.2, 0) is 10.0 Å². The van der Waals surface area contributed by atoms with Gasteiger partial charge in [0.1, 0.15) is 6.26 Å². The highest BCUT2D eigenvalue weighted by molar-refractivity contribution is 7.89. The molecule has 0 aliphatic carbocycles. The monoisotopic (exact) mass is 340 g/mol. The Hall–Kier alpha value is -1.64. The van der Waals surface area contributed by atoms with Gasteiger partial charge in [-0.1, -0.05) is 0 Å². The normalized spacial score (nSPS) is 18.8. The third kappa shape index (κ3) is 2.81. The molecule has 2 aromatic heterocycles. The summed E-state index contributed by atoms with van der Waals surface area (Å²) in [5, 5.41) is 4.61. The Morgan fingerprint density at radius 2 is 2.23 bits per heavy atom. The first-order valence-electron chi connectivity index (χ1n) is 6.85. The predicted molar refractivity (Wildman–Crippen MR) is 82.1 cm³/mol. The van der Waals surface area contributed by atoms with E-state index in [1.54, 1.807) is 16.2 Å². The van der Waals surface area contributed by atoms with Gasteiger partial charge in [0.25, 0.3) is 15.9 Å². The lowest BCUT2D eigenvalue weighted by molar-refractivity contribution is 0.0737. The van der Waals surface area contributed by atoms with E-state index in [-0.39, 0.29) is 17.5 Å². The van der Waals surface area contributed by atoms with Crippen molar-refractivity contribution in [3.8, 4) is 0 Å². The SMILES string of the molecule is Cc1ccc([C@@H]2CCCN2C(=O)c2coc(S(N)(=O)=O)c2)s1. The molecule has 3 rings (SSSR count). The molecule has 2 N–H and O–H groups in total. The third-order valence-corrected chi connectivity index (χ3v) is 5.58. The molecule has 0 aromatic carbocycles. The Balaban J connectivity index is 1.86. The number of hydrogen-bond acceptors (Lipinski definition) is 5. The van der Waals surface area contributed by atoms with Crippen molar-refractivity contribution in [1.29, 1.82) is 0 Å². The second kappa shape index (κ2) is 5.53. The fraction of sp³-hybridized carbons (Fsp3) is 0.357. The van der Waals surface area contributed by atoms with Crippen molar-refractivity contribution in [1.82, 2.24) is 4.90 Å². The molecule has 22 heavy (non-hydrogen) atoms. The Bertz CT molecular complexity index is 806. The van der Waals surface area contributed by atoms with E-state index >= 15 is 0 Å². The molecular weight excluding hydrogens is 324 g/mol. The Morgan fingerprint density at radius 3 is 2.82 bits per heavy atom. The number of carbonyl (C=O) groups excluding carboxylic acids is 1. The van der Waals surface area contributed by atoms with E-state index in [1.165, 1.54) is 10.9 Å². The largest absolute Gasteiger partial charge is 0.451 e. The standard InChI is InChI=1S/C14H16N2O4S2/c1-9-4-5-12(21-9)11-3-2-6-16(11)14(17)10-7-13(20-8-10)22(15,18)19/h4-5,7-8,11H,2-3,6H2,1H3,(H2,15,18,19)/t11-/m0/s1. The highest BCUT2D eigenvalue weighted by Crippen LogP contribution is 2.36.